The Morgan fingerprint density at radius 3 is 2.75 bits per heavy atom. The van der Waals surface area contributed by atoms with Crippen molar-refractivity contribution in [2.75, 3.05) is 11.4 Å². The summed E-state index contributed by atoms with van der Waals surface area (Å²) in [4.78, 5) is 15.6. The van der Waals surface area contributed by atoms with Crippen LogP contribution in [0.25, 0.3) is 0 Å². The van der Waals surface area contributed by atoms with Gasteiger partial charge in [-0.1, -0.05) is 32.4 Å². The molecule has 0 aliphatic carbocycles. The number of rotatable bonds is 1. The molecule has 6 heteroatoms. The van der Waals surface area contributed by atoms with Gasteiger partial charge in [0.05, 0.1) is 6.54 Å². The van der Waals surface area contributed by atoms with Crippen molar-refractivity contribution in [2.45, 2.75) is 39.3 Å². The Labute approximate surface area is 123 Å². The van der Waals surface area contributed by atoms with E-state index in [4.69, 9.17) is 11.6 Å². The smallest absolute Gasteiger partial charge is 0.137 e. The van der Waals surface area contributed by atoms with Gasteiger partial charge in [0, 0.05) is 37.0 Å². The molecule has 0 amide bonds. The third-order valence-electron chi connectivity index (χ3n) is 3.42. The number of halogens is 1. The van der Waals surface area contributed by atoms with Crippen molar-refractivity contribution < 1.29 is 0 Å². The third kappa shape index (κ3) is 2.50. The minimum absolute atomic E-state index is 0.117. The van der Waals surface area contributed by atoms with Crippen molar-refractivity contribution in [3.05, 3.63) is 35.3 Å². The molecule has 2 aromatic heterocycles. The van der Waals surface area contributed by atoms with E-state index in [1.807, 2.05) is 18.5 Å². The maximum Gasteiger partial charge on any atom is 0.137 e. The van der Waals surface area contributed by atoms with Crippen LogP contribution >= 0.6 is 11.6 Å². The Morgan fingerprint density at radius 2 is 2.00 bits per heavy atom. The van der Waals surface area contributed by atoms with Gasteiger partial charge in [0.25, 0.3) is 0 Å². The van der Waals surface area contributed by atoms with E-state index in [-0.39, 0.29) is 5.41 Å². The molecule has 5 nitrogen and oxygen atoms in total. The van der Waals surface area contributed by atoms with Crippen LogP contribution in [0.4, 0.5) is 5.82 Å². The first-order chi connectivity index (χ1) is 9.43. The lowest BCUT2D eigenvalue weighted by Crippen LogP contribution is -2.34. The number of nitrogens with zero attached hydrogens (tertiary/aromatic N) is 5. The lowest BCUT2D eigenvalue weighted by atomic mass is 9.96. The standard InChI is InChI=1S/C14H18ClN5/c1-14(2,3)13-17-10(15)8-11(18-13)20-7-6-19-5-4-16-12(19)9-20/h4-5,8H,6-7,9H2,1-3H3. The quantitative estimate of drug-likeness (QED) is 0.758. The van der Waals surface area contributed by atoms with Crippen LogP contribution in [-0.4, -0.2) is 26.1 Å². The predicted octanol–water partition coefficient (Wildman–Crippen LogP) is 2.64. The molecule has 0 unspecified atom stereocenters. The summed E-state index contributed by atoms with van der Waals surface area (Å²) in [5.41, 5.74) is -0.117. The summed E-state index contributed by atoms with van der Waals surface area (Å²) in [6, 6.07) is 1.83. The Bertz CT molecular complexity index is 629. The average molecular weight is 292 g/mol. The van der Waals surface area contributed by atoms with Gasteiger partial charge in [0.2, 0.25) is 0 Å². The van der Waals surface area contributed by atoms with Crippen molar-refractivity contribution in [1.29, 1.82) is 0 Å². The van der Waals surface area contributed by atoms with Gasteiger partial charge < -0.3 is 9.47 Å². The number of hydrogen-bond donors (Lipinski definition) is 0. The van der Waals surface area contributed by atoms with Gasteiger partial charge >= 0.3 is 0 Å². The van der Waals surface area contributed by atoms with Gasteiger partial charge in [-0.25, -0.2) is 15.0 Å². The van der Waals surface area contributed by atoms with Gasteiger partial charge in [0.1, 0.15) is 22.6 Å². The molecule has 1 aliphatic rings. The maximum absolute atomic E-state index is 6.16. The summed E-state index contributed by atoms with van der Waals surface area (Å²) in [5, 5.41) is 0.494. The van der Waals surface area contributed by atoms with E-state index in [0.29, 0.717) is 5.15 Å². The molecule has 20 heavy (non-hydrogen) atoms. The zero-order valence-corrected chi connectivity index (χ0v) is 12.7. The van der Waals surface area contributed by atoms with Crippen molar-refractivity contribution in [2.24, 2.45) is 0 Å². The summed E-state index contributed by atoms with van der Waals surface area (Å²) in [6.45, 7) is 8.84. The first kappa shape index (κ1) is 13.4. The van der Waals surface area contributed by atoms with E-state index >= 15 is 0 Å². The van der Waals surface area contributed by atoms with E-state index in [9.17, 15) is 0 Å². The lowest BCUT2D eigenvalue weighted by molar-refractivity contribution is 0.531. The number of anilines is 1. The maximum atomic E-state index is 6.16. The highest BCUT2D eigenvalue weighted by atomic mass is 35.5. The van der Waals surface area contributed by atoms with E-state index in [1.54, 1.807) is 0 Å². The second kappa shape index (κ2) is 4.74. The van der Waals surface area contributed by atoms with Crippen LogP contribution in [0.15, 0.2) is 18.5 Å². The molecular formula is C14H18ClN5. The van der Waals surface area contributed by atoms with Gasteiger partial charge in [-0.3, -0.25) is 0 Å². The van der Waals surface area contributed by atoms with E-state index in [2.05, 4.69) is 45.2 Å². The van der Waals surface area contributed by atoms with Crippen molar-refractivity contribution in [3.8, 4) is 0 Å². The Balaban J connectivity index is 1.93. The number of fused-ring (bicyclic) bond motifs is 1. The van der Waals surface area contributed by atoms with Crippen LogP contribution in [0.3, 0.4) is 0 Å². The first-order valence-electron chi connectivity index (χ1n) is 6.73. The average Bonchev–Trinajstić information content (AvgIpc) is 2.84. The van der Waals surface area contributed by atoms with Crippen LogP contribution in [0.2, 0.25) is 5.15 Å². The molecule has 0 aromatic carbocycles. The zero-order valence-electron chi connectivity index (χ0n) is 12.0. The fourth-order valence-corrected chi connectivity index (χ4v) is 2.45. The van der Waals surface area contributed by atoms with E-state index in [1.165, 1.54) is 0 Å². The van der Waals surface area contributed by atoms with E-state index < -0.39 is 0 Å². The summed E-state index contributed by atoms with van der Waals surface area (Å²) in [6.07, 6.45) is 3.85. The largest absolute Gasteiger partial charge is 0.347 e. The highest BCUT2D eigenvalue weighted by Crippen LogP contribution is 2.25. The summed E-state index contributed by atoms with van der Waals surface area (Å²) in [5.74, 6) is 2.71. The van der Waals surface area contributed by atoms with Crippen molar-refractivity contribution in [1.82, 2.24) is 19.5 Å². The molecule has 0 radical (unpaired) electrons. The molecule has 3 heterocycles. The molecule has 1 aliphatic heterocycles. The second-order valence-electron chi connectivity index (χ2n) is 6.08. The number of aromatic nitrogens is 4. The first-order valence-corrected chi connectivity index (χ1v) is 7.11. The second-order valence-corrected chi connectivity index (χ2v) is 6.47. The fourth-order valence-electron chi connectivity index (χ4n) is 2.27. The minimum atomic E-state index is -0.117. The van der Waals surface area contributed by atoms with Gasteiger partial charge in [0.15, 0.2) is 0 Å². The van der Waals surface area contributed by atoms with Crippen LogP contribution in [-0.2, 0) is 18.5 Å². The highest BCUT2D eigenvalue weighted by molar-refractivity contribution is 6.29. The monoisotopic (exact) mass is 291 g/mol. The molecule has 0 spiro atoms. The molecule has 0 atom stereocenters. The third-order valence-corrected chi connectivity index (χ3v) is 3.61. The Hall–Kier alpha value is -1.62. The molecular weight excluding hydrogens is 274 g/mol. The van der Waals surface area contributed by atoms with Gasteiger partial charge in [-0.05, 0) is 0 Å². The minimum Gasteiger partial charge on any atom is -0.347 e. The molecule has 2 aromatic rings. The predicted molar refractivity (Wildman–Crippen MR) is 79.0 cm³/mol. The molecule has 0 saturated heterocycles. The van der Waals surface area contributed by atoms with Crippen LogP contribution in [0.5, 0.6) is 0 Å². The number of imidazole rings is 1. The molecule has 0 saturated carbocycles. The van der Waals surface area contributed by atoms with Crippen LogP contribution in [0.1, 0.15) is 32.4 Å². The van der Waals surface area contributed by atoms with E-state index in [0.717, 1.165) is 37.1 Å². The molecule has 0 N–H and O–H groups in total. The number of hydrogen-bond acceptors (Lipinski definition) is 4. The van der Waals surface area contributed by atoms with Crippen molar-refractivity contribution >= 4 is 17.4 Å². The highest BCUT2D eigenvalue weighted by Gasteiger charge is 2.23. The molecule has 0 bridgehead atoms. The van der Waals surface area contributed by atoms with Crippen molar-refractivity contribution in [3.63, 3.8) is 0 Å². The lowest BCUT2D eigenvalue weighted by Gasteiger charge is -2.29. The summed E-state index contributed by atoms with van der Waals surface area (Å²) >= 11 is 6.16. The van der Waals surface area contributed by atoms with Crippen LogP contribution < -0.4 is 4.90 Å². The van der Waals surface area contributed by atoms with Gasteiger partial charge in [-0.15, -0.1) is 0 Å². The SMILES string of the molecule is CC(C)(C)c1nc(Cl)cc(N2CCn3ccnc3C2)n1. The fraction of sp³-hybridized carbons (Fsp3) is 0.500. The zero-order chi connectivity index (χ0) is 14.3. The Morgan fingerprint density at radius 1 is 1.20 bits per heavy atom. The van der Waals surface area contributed by atoms with Crippen LogP contribution in [0, 0.1) is 0 Å². The van der Waals surface area contributed by atoms with Gasteiger partial charge in [-0.2, -0.15) is 0 Å². The molecule has 0 fully saturated rings. The summed E-state index contributed by atoms with van der Waals surface area (Å²) in [7, 11) is 0. The normalized spacial score (nSPS) is 15.3. The molecule has 106 valence electrons. The Kier molecular flexibility index (Phi) is 3.17. The topological polar surface area (TPSA) is 46.8 Å². The summed E-state index contributed by atoms with van der Waals surface area (Å²) < 4.78 is 2.17. The molecule has 3 rings (SSSR count).